The minimum Gasteiger partial charge on any atom is -0.478 e. The quantitative estimate of drug-likeness (QED) is 0.394. The largest absolute Gasteiger partial charge is 0.478 e. The van der Waals surface area contributed by atoms with Gasteiger partial charge in [-0.25, -0.2) is 9.59 Å². The van der Waals surface area contributed by atoms with E-state index >= 15 is 0 Å². The van der Waals surface area contributed by atoms with Crippen molar-refractivity contribution in [3.8, 4) is 0 Å². The van der Waals surface area contributed by atoms with Crippen molar-refractivity contribution >= 4 is 23.7 Å². The zero-order valence-electron chi connectivity index (χ0n) is 24.3. The zero-order valence-corrected chi connectivity index (χ0v) is 24.3. The summed E-state index contributed by atoms with van der Waals surface area (Å²) in [5.74, 6) is 0.649. The molecule has 1 N–H and O–H groups in total. The molecule has 0 saturated heterocycles. The summed E-state index contributed by atoms with van der Waals surface area (Å²) in [6.45, 7) is 7.07. The standard InChI is InChI=1S/C33H44O7/c1-19(8-11-28(35)39-4)24-9-10-25-29-26(13-15-33(24,25)3)32(2)14-12-23(34)17-22(32)18-27(29)40-31(38)21-7-5-6-20(16-21)30(36)37/h5-7,16,19,22,24-27,29H,8-15,17-18H2,1-4H3,(H,36,37)/t19-,22?,24-,25+,26+,27-,29+,32+,33-/m1/s1. The lowest BCUT2D eigenvalue weighted by atomic mass is 9.43. The molecule has 0 bridgehead atoms. The van der Waals surface area contributed by atoms with Crippen molar-refractivity contribution in [2.75, 3.05) is 7.11 Å². The fraction of sp³-hybridized carbons (Fsp3) is 0.697. The molecule has 0 heterocycles. The second kappa shape index (κ2) is 10.9. The van der Waals surface area contributed by atoms with Crippen molar-refractivity contribution < 1.29 is 33.8 Å². The number of Topliss-reactive ketones (excluding diaryl/α,β-unsaturated/α-hetero) is 1. The summed E-state index contributed by atoms with van der Waals surface area (Å²) in [5, 5.41) is 9.42. The Morgan fingerprint density at radius 3 is 2.50 bits per heavy atom. The molecule has 7 nitrogen and oxygen atoms in total. The van der Waals surface area contributed by atoms with E-state index < -0.39 is 11.9 Å². The third-order valence-corrected chi connectivity index (χ3v) is 11.9. The molecule has 0 spiro atoms. The fourth-order valence-corrected chi connectivity index (χ4v) is 9.72. The van der Waals surface area contributed by atoms with Crippen LogP contribution in [-0.4, -0.2) is 42.0 Å². The number of carbonyl (C=O) groups is 4. The van der Waals surface area contributed by atoms with Crippen molar-refractivity contribution in [1.82, 2.24) is 0 Å². The maximum atomic E-state index is 13.5. The highest BCUT2D eigenvalue weighted by molar-refractivity contribution is 5.94. The number of hydrogen-bond donors (Lipinski definition) is 1. The van der Waals surface area contributed by atoms with Crippen LogP contribution in [0.5, 0.6) is 0 Å². The number of hydrogen-bond acceptors (Lipinski definition) is 6. The first-order valence-corrected chi connectivity index (χ1v) is 15.1. The third-order valence-electron chi connectivity index (χ3n) is 11.9. The van der Waals surface area contributed by atoms with E-state index in [4.69, 9.17) is 9.47 Å². The maximum Gasteiger partial charge on any atom is 0.338 e. The Morgan fingerprint density at radius 2 is 1.77 bits per heavy atom. The minimum absolute atomic E-state index is 0.0562. The fourth-order valence-electron chi connectivity index (χ4n) is 9.72. The van der Waals surface area contributed by atoms with Crippen molar-refractivity contribution in [3.05, 3.63) is 35.4 Å². The Labute approximate surface area is 237 Å². The second-order valence-corrected chi connectivity index (χ2v) is 13.6. The Bertz CT molecular complexity index is 1180. The average Bonchev–Trinajstić information content (AvgIpc) is 3.29. The molecule has 7 heteroatoms. The van der Waals surface area contributed by atoms with Gasteiger partial charge >= 0.3 is 17.9 Å². The molecule has 4 saturated carbocycles. The predicted octanol–water partition coefficient (Wildman–Crippen LogP) is 6.34. The van der Waals surface area contributed by atoms with E-state index in [1.54, 1.807) is 12.1 Å². The van der Waals surface area contributed by atoms with E-state index in [2.05, 4.69) is 20.8 Å². The highest BCUT2D eigenvalue weighted by atomic mass is 16.5. The normalized spacial score (nSPS) is 37.5. The molecule has 0 amide bonds. The first-order valence-electron chi connectivity index (χ1n) is 15.1. The maximum absolute atomic E-state index is 13.5. The smallest absolute Gasteiger partial charge is 0.338 e. The van der Waals surface area contributed by atoms with Crippen LogP contribution in [0.25, 0.3) is 0 Å². The molecule has 218 valence electrons. The average molecular weight is 553 g/mol. The first-order chi connectivity index (χ1) is 19.0. The van der Waals surface area contributed by atoms with Gasteiger partial charge in [0.2, 0.25) is 0 Å². The second-order valence-electron chi connectivity index (χ2n) is 13.6. The monoisotopic (exact) mass is 552 g/mol. The summed E-state index contributed by atoms with van der Waals surface area (Å²) in [7, 11) is 1.44. The van der Waals surface area contributed by atoms with Crippen LogP contribution >= 0.6 is 0 Å². The molecule has 1 unspecified atom stereocenters. The molecule has 0 radical (unpaired) electrons. The van der Waals surface area contributed by atoms with E-state index in [9.17, 15) is 24.3 Å². The lowest BCUT2D eigenvalue weighted by Gasteiger charge is -2.62. The summed E-state index contributed by atoms with van der Waals surface area (Å²) in [6, 6.07) is 6.05. The number of ether oxygens (including phenoxy) is 2. The van der Waals surface area contributed by atoms with Crippen LogP contribution in [0.2, 0.25) is 0 Å². The molecule has 0 aliphatic heterocycles. The van der Waals surface area contributed by atoms with Gasteiger partial charge in [-0.05, 0) is 104 Å². The predicted molar refractivity (Wildman–Crippen MR) is 149 cm³/mol. The van der Waals surface area contributed by atoms with E-state index in [-0.39, 0.29) is 45.9 Å². The highest BCUT2D eigenvalue weighted by Crippen LogP contribution is 2.68. The number of carboxylic acid groups (broad SMARTS) is 1. The lowest BCUT2D eigenvalue weighted by molar-refractivity contribution is -0.170. The summed E-state index contributed by atoms with van der Waals surface area (Å²) >= 11 is 0. The Hall–Kier alpha value is -2.70. The molecule has 1 aromatic carbocycles. The number of methoxy groups -OCH3 is 1. The summed E-state index contributed by atoms with van der Waals surface area (Å²) in [6.07, 6.45) is 8.08. The van der Waals surface area contributed by atoms with E-state index in [1.165, 1.54) is 19.2 Å². The Balaban J connectivity index is 1.44. The number of rotatable bonds is 7. The molecule has 5 rings (SSSR count). The molecule has 0 aromatic heterocycles. The van der Waals surface area contributed by atoms with Crippen LogP contribution in [0.3, 0.4) is 0 Å². The number of fused-ring (bicyclic) bond motifs is 5. The SMILES string of the molecule is COC(=O)CC[C@@H](C)[C@H]1CC[C@H]2[C@@H]3[C@H](OC(=O)c4cccc(C(=O)O)c4)CC4CC(=O)CC[C@]4(C)[C@H]3CC[C@]12C. The van der Waals surface area contributed by atoms with E-state index in [0.29, 0.717) is 55.1 Å². The molecule has 4 aliphatic carbocycles. The molecular formula is C33H44O7. The summed E-state index contributed by atoms with van der Waals surface area (Å²) in [4.78, 5) is 49.4. The topological polar surface area (TPSA) is 107 Å². The Kier molecular flexibility index (Phi) is 7.88. The van der Waals surface area contributed by atoms with Gasteiger partial charge in [0.1, 0.15) is 11.9 Å². The number of esters is 2. The summed E-state index contributed by atoms with van der Waals surface area (Å²) in [5.41, 5.74) is 0.467. The first kappa shape index (κ1) is 28.8. The number of benzene rings is 1. The number of ketones is 1. The number of aromatic carboxylic acids is 1. The van der Waals surface area contributed by atoms with Gasteiger partial charge in [-0.15, -0.1) is 0 Å². The lowest BCUT2D eigenvalue weighted by Crippen LogP contribution is -2.59. The van der Waals surface area contributed by atoms with Gasteiger partial charge in [-0.1, -0.05) is 26.8 Å². The van der Waals surface area contributed by atoms with E-state index in [0.717, 1.165) is 38.5 Å². The van der Waals surface area contributed by atoms with Crippen molar-refractivity contribution in [2.45, 2.75) is 91.1 Å². The molecule has 40 heavy (non-hydrogen) atoms. The van der Waals surface area contributed by atoms with Crippen LogP contribution in [0.1, 0.15) is 106 Å². The van der Waals surface area contributed by atoms with Gasteiger partial charge in [-0.2, -0.15) is 0 Å². The van der Waals surface area contributed by atoms with E-state index in [1.807, 2.05) is 0 Å². The molecule has 4 fully saturated rings. The zero-order chi connectivity index (χ0) is 28.8. The van der Waals surface area contributed by atoms with Gasteiger partial charge in [0.15, 0.2) is 0 Å². The van der Waals surface area contributed by atoms with Crippen molar-refractivity contribution in [2.24, 2.45) is 46.3 Å². The number of carbonyl (C=O) groups excluding carboxylic acids is 3. The molecule has 4 aliphatic rings. The molecule has 9 atom stereocenters. The minimum atomic E-state index is -1.08. The number of carboxylic acids is 1. The highest BCUT2D eigenvalue weighted by Gasteiger charge is 2.63. The van der Waals surface area contributed by atoms with Crippen LogP contribution < -0.4 is 0 Å². The molecular weight excluding hydrogens is 508 g/mol. The van der Waals surface area contributed by atoms with Gasteiger partial charge in [0.25, 0.3) is 0 Å². The van der Waals surface area contributed by atoms with Crippen LogP contribution in [0.15, 0.2) is 24.3 Å². The van der Waals surface area contributed by atoms with Gasteiger partial charge in [-0.3, -0.25) is 9.59 Å². The van der Waals surface area contributed by atoms with Crippen LogP contribution in [0.4, 0.5) is 0 Å². The van der Waals surface area contributed by atoms with Crippen molar-refractivity contribution in [1.29, 1.82) is 0 Å². The Morgan fingerprint density at radius 1 is 1.05 bits per heavy atom. The van der Waals surface area contributed by atoms with Gasteiger partial charge in [0, 0.05) is 25.2 Å². The molecule has 1 aromatic rings. The third kappa shape index (κ3) is 4.98. The summed E-state index contributed by atoms with van der Waals surface area (Å²) < 4.78 is 11.2. The van der Waals surface area contributed by atoms with Crippen LogP contribution in [0, 0.1) is 46.3 Å². The van der Waals surface area contributed by atoms with Crippen LogP contribution in [-0.2, 0) is 19.1 Å². The van der Waals surface area contributed by atoms with Gasteiger partial charge in [0.05, 0.1) is 18.2 Å². The van der Waals surface area contributed by atoms with Crippen molar-refractivity contribution in [3.63, 3.8) is 0 Å². The van der Waals surface area contributed by atoms with Gasteiger partial charge < -0.3 is 14.6 Å².